The fraction of sp³-hybridized carbons (Fsp3) is 0.611. The lowest BCUT2D eigenvalue weighted by Crippen LogP contribution is -2.48. The number of likely N-dealkylation sites (tertiary alicyclic amines) is 1. The number of hydrogen-bond acceptors (Lipinski definition) is 2. The number of benzene rings is 1. The molecule has 25 heavy (non-hydrogen) atoms. The second-order valence-corrected chi connectivity index (χ2v) is 6.38. The van der Waals surface area contributed by atoms with Gasteiger partial charge >= 0.3 is 6.18 Å². The lowest BCUT2D eigenvalue weighted by molar-refractivity contribution is -0.137. The average molecular weight is 356 g/mol. The lowest BCUT2D eigenvalue weighted by Gasteiger charge is -2.32. The fourth-order valence-corrected chi connectivity index (χ4v) is 3.00. The van der Waals surface area contributed by atoms with E-state index in [0.717, 1.165) is 50.2 Å². The number of alkyl halides is 3. The highest BCUT2D eigenvalue weighted by Crippen LogP contribution is 2.29. The number of guanidine groups is 1. The molecule has 2 N–H and O–H groups in total. The van der Waals surface area contributed by atoms with Crippen LogP contribution in [0.25, 0.3) is 0 Å². The Kier molecular flexibility index (Phi) is 7.11. The highest BCUT2D eigenvalue weighted by molar-refractivity contribution is 5.79. The first-order chi connectivity index (χ1) is 11.9. The molecule has 0 radical (unpaired) electrons. The predicted molar refractivity (Wildman–Crippen MR) is 94.5 cm³/mol. The van der Waals surface area contributed by atoms with Crippen LogP contribution in [0, 0.1) is 0 Å². The van der Waals surface area contributed by atoms with Crippen molar-refractivity contribution in [1.82, 2.24) is 15.5 Å². The van der Waals surface area contributed by atoms with Crippen molar-refractivity contribution >= 4 is 5.96 Å². The van der Waals surface area contributed by atoms with E-state index in [-0.39, 0.29) is 0 Å². The standard InChI is InChI=1S/C18H27F3N4/c1-3-10-25-11-8-16(9-12-25)24-17(22-2)23-13-14-4-6-15(7-5-14)18(19,20)21/h4-7,16H,3,8-13H2,1-2H3,(H2,22,23,24). The molecule has 0 amide bonds. The molecule has 1 aromatic carbocycles. The minimum absolute atomic E-state index is 0.381. The summed E-state index contributed by atoms with van der Waals surface area (Å²) < 4.78 is 37.7. The number of halogens is 3. The van der Waals surface area contributed by atoms with Crippen LogP contribution in [0.1, 0.15) is 37.3 Å². The van der Waals surface area contributed by atoms with Gasteiger partial charge in [-0.3, -0.25) is 4.99 Å². The largest absolute Gasteiger partial charge is 0.416 e. The fourth-order valence-electron chi connectivity index (χ4n) is 3.00. The van der Waals surface area contributed by atoms with Gasteiger partial charge in [-0.1, -0.05) is 19.1 Å². The van der Waals surface area contributed by atoms with Crippen molar-refractivity contribution in [3.05, 3.63) is 35.4 Å². The second kappa shape index (κ2) is 9.08. The summed E-state index contributed by atoms with van der Waals surface area (Å²) in [6.45, 7) is 5.94. The summed E-state index contributed by atoms with van der Waals surface area (Å²) in [5, 5.41) is 6.58. The number of nitrogens with one attached hydrogen (secondary N) is 2. The summed E-state index contributed by atoms with van der Waals surface area (Å²) in [4.78, 5) is 6.68. The summed E-state index contributed by atoms with van der Waals surface area (Å²) in [5.74, 6) is 0.689. The summed E-state index contributed by atoms with van der Waals surface area (Å²) >= 11 is 0. The molecule has 1 aliphatic rings. The molecule has 0 aromatic heterocycles. The van der Waals surface area contributed by atoms with Crippen LogP contribution in [0.3, 0.4) is 0 Å². The Morgan fingerprint density at radius 3 is 2.36 bits per heavy atom. The van der Waals surface area contributed by atoms with Crippen LogP contribution in [0.5, 0.6) is 0 Å². The molecule has 0 aliphatic carbocycles. The molecule has 1 fully saturated rings. The van der Waals surface area contributed by atoms with E-state index in [1.807, 2.05) is 0 Å². The van der Waals surface area contributed by atoms with Crippen molar-refractivity contribution in [2.75, 3.05) is 26.7 Å². The third-order valence-electron chi connectivity index (χ3n) is 4.43. The number of nitrogens with zero attached hydrogens (tertiary/aromatic N) is 2. The van der Waals surface area contributed by atoms with Gasteiger partial charge in [-0.25, -0.2) is 0 Å². The molecular formula is C18H27F3N4. The van der Waals surface area contributed by atoms with Gasteiger partial charge < -0.3 is 15.5 Å². The van der Waals surface area contributed by atoms with Gasteiger partial charge in [0.05, 0.1) is 5.56 Å². The lowest BCUT2D eigenvalue weighted by atomic mass is 10.1. The average Bonchev–Trinajstić information content (AvgIpc) is 2.60. The van der Waals surface area contributed by atoms with Crippen LogP contribution in [-0.2, 0) is 12.7 Å². The Hall–Kier alpha value is -1.76. The molecule has 7 heteroatoms. The van der Waals surface area contributed by atoms with Gasteiger partial charge in [0.15, 0.2) is 5.96 Å². The van der Waals surface area contributed by atoms with E-state index in [0.29, 0.717) is 18.5 Å². The van der Waals surface area contributed by atoms with Crippen LogP contribution in [0.4, 0.5) is 13.2 Å². The smallest absolute Gasteiger partial charge is 0.354 e. The van der Waals surface area contributed by atoms with Crippen molar-refractivity contribution in [1.29, 1.82) is 0 Å². The summed E-state index contributed by atoms with van der Waals surface area (Å²) in [6.07, 6.45) is -0.980. The van der Waals surface area contributed by atoms with Crippen molar-refractivity contribution in [3.63, 3.8) is 0 Å². The normalized spacial score (nSPS) is 17.6. The first-order valence-electron chi connectivity index (χ1n) is 8.78. The van der Waals surface area contributed by atoms with Crippen LogP contribution in [0.15, 0.2) is 29.3 Å². The molecule has 0 unspecified atom stereocenters. The Balaban J connectivity index is 1.79. The summed E-state index contributed by atoms with van der Waals surface area (Å²) in [6, 6.07) is 5.58. The summed E-state index contributed by atoms with van der Waals surface area (Å²) in [5.41, 5.74) is 0.159. The zero-order chi connectivity index (χ0) is 18.3. The minimum atomic E-state index is -4.30. The van der Waals surface area contributed by atoms with Gasteiger partial charge in [0.25, 0.3) is 0 Å². The Morgan fingerprint density at radius 1 is 1.20 bits per heavy atom. The molecule has 0 spiro atoms. The molecule has 1 aliphatic heterocycles. The van der Waals surface area contributed by atoms with E-state index in [9.17, 15) is 13.2 Å². The highest BCUT2D eigenvalue weighted by atomic mass is 19.4. The van der Waals surface area contributed by atoms with E-state index < -0.39 is 11.7 Å². The van der Waals surface area contributed by atoms with E-state index in [2.05, 4.69) is 27.4 Å². The van der Waals surface area contributed by atoms with E-state index in [1.165, 1.54) is 18.6 Å². The molecule has 2 rings (SSSR count). The first-order valence-corrected chi connectivity index (χ1v) is 8.78. The van der Waals surface area contributed by atoms with Crippen LogP contribution >= 0.6 is 0 Å². The minimum Gasteiger partial charge on any atom is -0.354 e. The Morgan fingerprint density at radius 2 is 1.84 bits per heavy atom. The third-order valence-corrected chi connectivity index (χ3v) is 4.43. The molecule has 0 saturated carbocycles. The van der Waals surface area contributed by atoms with E-state index in [1.54, 1.807) is 7.05 Å². The van der Waals surface area contributed by atoms with Gasteiger partial charge in [-0.05, 0) is 43.5 Å². The number of aliphatic imine (C=N–C) groups is 1. The van der Waals surface area contributed by atoms with Crippen molar-refractivity contribution < 1.29 is 13.2 Å². The maximum absolute atomic E-state index is 12.6. The van der Waals surface area contributed by atoms with Crippen LogP contribution in [-0.4, -0.2) is 43.6 Å². The SMILES string of the molecule is CCCN1CCC(NC(=NC)NCc2ccc(C(F)(F)F)cc2)CC1. The monoisotopic (exact) mass is 356 g/mol. The maximum atomic E-state index is 12.6. The number of hydrogen-bond donors (Lipinski definition) is 2. The zero-order valence-electron chi connectivity index (χ0n) is 14.9. The third kappa shape index (κ3) is 6.23. The zero-order valence-corrected chi connectivity index (χ0v) is 14.9. The van der Waals surface area contributed by atoms with Crippen LogP contribution in [0.2, 0.25) is 0 Å². The molecule has 140 valence electrons. The second-order valence-electron chi connectivity index (χ2n) is 6.38. The molecule has 0 bridgehead atoms. The number of rotatable bonds is 5. The number of piperidine rings is 1. The first kappa shape index (κ1) is 19.6. The van der Waals surface area contributed by atoms with Crippen molar-refractivity contribution in [2.24, 2.45) is 4.99 Å². The molecule has 1 heterocycles. The van der Waals surface area contributed by atoms with Crippen molar-refractivity contribution in [2.45, 2.75) is 44.9 Å². The molecule has 1 saturated heterocycles. The molecule has 0 atom stereocenters. The van der Waals surface area contributed by atoms with E-state index >= 15 is 0 Å². The quantitative estimate of drug-likeness (QED) is 0.628. The van der Waals surface area contributed by atoms with Gasteiger partial charge in [0.1, 0.15) is 0 Å². The van der Waals surface area contributed by atoms with E-state index in [4.69, 9.17) is 0 Å². The van der Waals surface area contributed by atoms with Gasteiger partial charge in [0.2, 0.25) is 0 Å². The highest BCUT2D eigenvalue weighted by Gasteiger charge is 2.29. The molecule has 4 nitrogen and oxygen atoms in total. The topological polar surface area (TPSA) is 39.7 Å². The van der Waals surface area contributed by atoms with Crippen LogP contribution < -0.4 is 10.6 Å². The van der Waals surface area contributed by atoms with Gasteiger partial charge in [-0.15, -0.1) is 0 Å². The van der Waals surface area contributed by atoms with Crippen molar-refractivity contribution in [3.8, 4) is 0 Å². The molecule has 1 aromatic rings. The Bertz CT molecular complexity index is 546. The van der Waals surface area contributed by atoms with Gasteiger partial charge in [-0.2, -0.15) is 13.2 Å². The maximum Gasteiger partial charge on any atom is 0.416 e. The van der Waals surface area contributed by atoms with Gasteiger partial charge in [0, 0.05) is 32.7 Å². The summed E-state index contributed by atoms with van der Waals surface area (Å²) in [7, 11) is 1.70. The predicted octanol–water partition coefficient (Wildman–Crippen LogP) is 3.24. The molecular weight excluding hydrogens is 329 g/mol. The Labute approximate surface area is 147 Å².